The molecule has 24 heavy (non-hydrogen) atoms. The zero-order valence-electron chi connectivity index (χ0n) is 14.3. The number of amides is 1. The summed E-state index contributed by atoms with van der Waals surface area (Å²) in [6.45, 7) is 4.08. The van der Waals surface area contributed by atoms with Gasteiger partial charge in [0, 0.05) is 13.0 Å². The van der Waals surface area contributed by atoms with Gasteiger partial charge in [0.05, 0.1) is 19.8 Å². The molecule has 0 aliphatic rings. The number of allylic oxidation sites excluding steroid dienone is 1. The highest BCUT2D eigenvalue weighted by Crippen LogP contribution is 2.16. The second kappa shape index (κ2) is 10.9. The van der Waals surface area contributed by atoms with Crippen LogP contribution in [0.25, 0.3) is 0 Å². The molecule has 0 aromatic heterocycles. The second-order valence-electron chi connectivity index (χ2n) is 4.96. The summed E-state index contributed by atoms with van der Waals surface area (Å²) in [6.07, 6.45) is -2.74. The Morgan fingerprint density at radius 3 is 2.12 bits per heavy atom. The standard InChI is InChI=1S/C15H25NO8/c1-5-23-15(22)12(6-9(2)19)16(10(3)20)11(4)24-14(8-18)13(21)7-17/h6,11,13-14,17-18,21H,5,7-8H2,1-4H3/b12-6-/t11?,13?,14-/m1/s1. The van der Waals surface area contributed by atoms with E-state index in [1.54, 1.807) is 6.92 Å². The average Bonchev–Trinajstić information content (AvgIpc) is 2.50. The molecule has 0 aromatic carbocycles. The predicted molar refractivity (Wildman–Crippen MR) is 82.4 cm³/mol. The first kappa shape index (κ1) is 22.2. The summed E-state index contributed by atoms with van der Waals surface area (Å²) in [5.41, 5.74) is -0.320. The first-order chi connectivity index (χ1) is 11.2. The van der Waals surface area contributed by atoms with Crippen LogP contribution in [0, 0.1) is 0 Å². The number of aliphatic hydroxyl groups is 3. The van der Waals surface area contributed by atoms with Gasteiger partial charge >= 0.3 is 5.97 Å². The summed E-state index contributed by atoms with van der Waals surface area (Å²) in [5, 5.41) is 27.7. The molecule has 0 saturated heterocycles. The summed E-state index contributed by atoms with van der Waals surface area (Å²) in [7, 11) is 0. The number of hydrogen-bond acceptors (Lipinski definition) is 8. The minimum absolute atomic E-state index is 0.0392. The van der Waals surface area contributed by atoms with Gasteiger partial charge in [-0.2, -0.15) is 0 Å². The maximum atomic E-state index is 12.0. The van der Waals surface area contributed by atoms with Crippen molar-refractivity contribution in [2.24, 2.45) is 0 Å². The van der Waals surface area contributed by atoms with Crippen LogP contribution in [-0.4, -0.2) is 76.1 Å². The summed E-state index contributed by atoms with van der Waals surface area (Å²) >= 11 is 0. The van der Waals surface area contributed by atoms with E-state index in [0.29, 0.717) is 0 Å². The molecule has 0 bridgehead atoms. The molecule has 0 saturated carbocycles. The molecule has 0 radical (unpaired) electrons. The van der Waals surface area contributed by atoms with Gasteiger partial charge in [0.2, 0.25) is 5.91 Å². The SMILES string of the molecule is CCOC(=O)/C(=C/C(C)=O)N(C(C)=O)C(C)O[C@H](CO)C(O)CO. The number of carbonyl (C=O) groups excluding carboxylic acids is 3. The van der Waals surface area contributed by atoms with Crippen LogP contribution in [0.4, 0.5) is 0 Å². The molecule has 9 nitrogen and oxygen atoms in total. The van der Waals surface area contributed by atoms with Crippen LogP contribution in [0.15, 0.2) is 11.8 Å². The number of esters is 1. The summed E-state index contributed by atoms with van der Waals surface area (Å²) in [5.74, 6) is -1.98. The fraction of sp³-hybridized carbons (Fsp3) is 0.667. The van der Waals surface area contributed by atoms with Crippen molar-refractivity contribution in [3.8, 4) is 0 Å². The van der Waals surface area contributed by atoms with Crippen molar-refractivity contribution in [3.05, 3.63) is 11.8 Å². The largest absolute Gasteiger partial charge is 0.461 e. The summed E-state index contributed by atoms with van der Waals surface area (Å²) in [4.78, 5) is 36.2. The van der Waals surface area contributed by atoms with E-state index in [2.05, 4.69) is 0 Å². The van der Waals surface area contributed by atoms with Crippen molar-refractivity contribution in [2.75, 3.05) is 19.8 Å². The Morgan fingerprint density at radius 1 is 1.17 bits per heavy atom. The highest BCUT2D eigenvalue weighted by atomic mass is 16.5. The topological polar surface area (TPSA) is 134 Å². The van der Waals surface area contributed by atoms with Crippen LogP contribution in [0.1, 0.15) is 27.7 Å². The number of nitrogens with zero attached hydrogens (tertiary/aromatic N) is 1. The van der Waals surface area contributed by atoms with E-state index in [4.69, 9.17) is 14.6 Å². The van der Waals surface area contributed by atoms with Crippen molar-refractivity contribution in [1.29, 1.82) is 0 Å². The van der Waals surface area contributed by atoms with Crippen LogP contribution in [0.5, 0.6) is 0 Å². The average molecular weight is 347 g/mol. The lowest BCUT2D eigenvalue weighted by atomic mass is 10.2. The van der Waals surface area contributed by atoms with E-state index in [1.807, 2.05) is 0 Å². The smallest absolute Gasteiger partial charge is 0.355 e. The van der Waals surface area contributed by atoms with Crippen LogP contribution in [0.2, 0.25) is 0 Å². The lowest BCUT2D eigenvalue weighted by Gasteiger charge is -2.32. The number of ether oxygens (including phenoxy) is 2. The fourth-order valence-corrected chi connectivity index (χ4v) is 1.93. The predicted octanol–water partition coefficient (Wildman–Crippen LogP) is -1.05. The first-order valence-corrected chi connectivity index (χ1v) is 7.43. The third kappa shape index (κ3) is 6.75. The minimum Gasteiger partial charge on any atom is -0.461 e. The highest BCUT2D eigenvalue weighted by molar-refractivity contribution is 6.00. The van der Waals surface area contributed by atoms with E-state index in [1.165, 1.54) is 13.8 Å². The van der Waals surface area contributed by atoms with E-state index in [9.17, 15) is 24.6 Å². The minimum atomic E-state index is -1.38. The summed E-state index contributed by atoms with van der Waals surface area (Å²) < 4.78 is 10.2. The molecule has 1 amide bonds. The zero-order chi connectivity index (χ0) is 18.9. The van der Waals surface area contributed by atoms with Crippen molar-refractivity contribution in [1.82, 2.24) is 4.90 Å². The Bertz CT molecular complexity index is 476. The van der Waals surface area contributed by atoms with Gasteiger partial charge in [-0.15, -0.1) is 0 Å². The van der Waals surface area contributed by atoms with Gasteiger partial charge in [-0.05, 0) is 20.8 Å². The maximum Gasteiger partial charge on any atom is 0.355 e. The van der Waals surface area contributed by atoms with E-state index < -0.39 is 49.3 Å². The molecule has 3 atom stereocenters. The Labute approximate surface area is 140 Å². The van der Waals surface area contributed by atoms with Gasteiger partial charge in [0.15, 0.2) is 5.78 Å². The van der Waals surface area contributed by atoms with Gasteiger partial charge in [-0.1, -0.05) is 0 Å². The van der Waals surface area contributed by atoms with Crippen LogP contribution < -0.4 is 0 Å². The maximum absolute atomic E-state index is 12.0. The fourth-order valence-electron chi connectivity index (χ4n) is 1.93. The lowest BCUT2D eigenvalue weighted by Crippen LogP contribution is -2.46. The second-order valence-corrected chi connectivity index (χ2v) is 4.96. The molecule has 2 unspecified atom stereocenters. The van der Waals surface area contributed by atoms with Gasteiger partial charge in [0.25, 0.3) is 0 Å². The van der Waals surface area contributed by atoms with E-state index >= 15 is 0 Å². The van der Waals surface area contributed by atoms with Crippen LogP contribution in [0.3, 0.4) is 0 Å². The number of hydrogen-bond donors (Lipinski definition) is 3. The van der Waals surface area contributed by atoms with Crippen molar-refractivity contribution in [3.63, 3.8) is 0 Å². The molecule has 0 fully saturated rings. The number of carbonyl (C=O) groups is 3. The molecule has 9 heteroatoms. The number of rotatable bonds is 10. The Kier molecular flexibility index (Phi) is 10.0. The Morgan fingerprint density at radius 2 is 1.75 bits per heavy atom. The van der Waals surface area contributed by atoms with Crippen molar-refractivity contribution < 1.29 is 39.2 Å². The first-order valence-electron chi connectivity index (χ1n) is 7.43. The molecule has 0 heterocycles. The third-order valence-corrected chi connectivity index (χ3v) is 2.95. The van der Waals surface area contributed by atoms with Crippen LogP contribution in [-0.2, 0) is 23.9 Å². The highest BCUT2D eigenvalue weighted by Gasteiger charge is 2.31. The monoisotopic (exact) mass is 347 g/mol. The van der Waals surface area contributed by atoms with Crippen molar-refractivity contribution >= 4 is 17.7 Å². The number of aliphatic hydroxyl groups excluding tert-OH is 3. The molecular weight excluding hydrogens is 322 g/mol. The molecule has 0 aliphatic heterocycles. The van der Waals surface area contributed by atoms with Crippen molar-refractivity contribution in [2.45, 2.75) is 46.1 Å². The molecule has 0 spiro atoms. The van der Waals surface area contributed by atoms with Crippen LogP contribution >= 0.6 is 0 Å². The molecule has 3 N–H and O–H groups in total. The number of ketones is 1. The van der Waals surface area contributed by atoms with Gasteiger partial charge < -0.3 is 24.8 Å². The lowest BCUT2D eigenvalue weighted by molar-refractivity contribution is -0.165. The normalized spacial score (nSPS) is 15.4. The Balaban J connectivity index is 5.59. The molecule has 0 rings (SSSR count). The van der Waals surface area contributed by atoms with Gasteiger partial charge in [0.1, 0.15) is 24.1 Å². The summed E-state index contributed by atoms with van der Waals surface area (Å²) in [6, 6.07) is 0. The van der Waals surface area contributed by atoms with Gasteiger partial charge in [-0.25, -0.2) is 4.79 Å². The molecule has 138 valence electrons. The van der Waals surface area contributed by atoms with Gasteiger partial charge in [-0.3, -0.25) is 14.5 Å². The third-order valence-electron chi connectivity index (χ3n) is 2.95. The van der Waals surface area contributed by atoms with E-state index in [-0.39, 0.29) is 12.3 Å². The molecular formula is C15H25NO8. The Hall–Kier alpha value is -1.81. The molecule has 0 aromatic rings. The quantitative estimate of drug-likeness (QED) is 0.259. The zero-order valence-corrected chi connectivity index (χ0v) is 14.3. The molecule has 0 aliphatic carbocycles. The van der Waals surface area contributed by atoms with E-state index in [0.717, 1.165) is 17.9 Å².